The van der Waals surface area contributed by atoms with Crippen molar-refractivity contribution in [2.24, 2.45) is 18.0 Å². The molecule has 21 heavy (non-hydrogen) atoms. The molecule has 0 saturated carbocycles. The van der Waals surface area contributed by atoms with Crippen LogP contribution in [0.4, 0.5) is 0 Å². The minimum Gasteiger partial charge on any atom is -0.396 e. The summed E-state index contributed by atoms with van der Waals surface area (Å²) in [6, 6.07) is 0. The number of nitrogens with one attached hydrogen (secondary N) is 2. The number of aliphatic imine (C=N–C) groups is 1. The van der Waals surface area contributed by atoms with Crippen molar-refractivity contribution in [3.05, 3.63) is 12.2 Å². The van der Waals surface area contributed by atoms with Crippen molar-refractivity contribution in [2.45, 2.75) is 39.7 Å². The Labute approximate surface area is 126 Å². The minimum atomic E-state index is 0.235. The molecule has 0 radical (unpaired) electrons. The number of hydrogen-bond donors (Lipinski definition) is 3. The highest BCUT2D eigenvalue weighted by Gasteiger charge is 2.08. The molecule has 0 aliphatic rings. The molecule has 1 aromatic heterocycles. The molecule has 7 nitrogen and oxygen atoms in total. The van der Waals surface area contributed by atoms with Crippen LogP contribution in [0.1, 0.15) is 38.9 Å². The van der Waals surface area contributed by atoms with Gasteiger partial charge in [-0.2, -0.15) is 5.10 Å². The van der Waals surface area contributed by atoms with Crippen LogP contribution in [0, 0.1) is 5.92 Å². The normalized spacial score (nSPS) is 13.2. The van der Waals surface area contributed by atoms with E-state index >= 15 is 0 Å². The molecule has 0 aromatic carbocycles. The molecule has 7 heteroatoms. The van der Waals surface area contributed by atoms with Crippen molar-refractivity contribution in [1.29, 1.82) is 0 Å². The Morgan fingerprint density at radius 1 is 1.38 bits per heavy atom. The molecule has 0 aliphatic heterocycles. The van der Waals surface area contributed by atoms with Crippen LogP contribution in [0.3, 0.4) is 0 Å². The number of aryl methyl sites for hydroxylation is 1. The molecular weight excluding hydrogens is 268 g/mol. The van der Waals surface area contributed by atoms with Crippen LogP contribution >= 0.6 is 0 Å². The third-order valence-electron chi connectivity index (χ3n) is 3.32. The second kappa shape index (κ2) is 10.1. The summed E-state index contributed by atoms with van der Waals surface area (Å²) >= 11 is 0. The van der Waals surface area contributed by atoms with Gasteiger partial charge in [-0.15, -0.1) is 0 Å². The number of rotatable bonds is 9. The van der Waals surface area contributed by atoms with Crippen LogP contribution in [0.25, 0.3) is 0 Å². The number of aliphatic hydroxyl groups is 1. The lowest BCUT2D eigenvalue weighted by molar-refractivity contribution is 0.251. The molecule has 0 amide bonds. The smallest absolute Gasteiger partial charge is 0.191 e. The second-order valence-electron chi connectivity index (χ2n) is 5.04. The first-order valence-electron chi connectivity index (χ1n) is 7.67. The van der Waals surface area contributed by atoms with E-state index < -0.39 is 0 Å². The number of hydrogen-bond acceptors (Lipinski definition) is 4. The molecular formula is C14H28N6O. The number of guanidine groups is 1. The van der Waals surface area contributed by atoms with E-state index in [1.807, 2.05) is 14.0 Å². The topological polar surface area (TPSA) is 87.4 Å². The molecule has 0 bridgehead atoms. The SMILES string of the molecule is CCCC(CCO)CNC(=NCc1ncnn1C)NCC. The zero-order valence-electron chi connectivity index (χ0n) is 13.3. The largest absolute Gasteiger partial charge is 0.396 e. The van der Waals surface area contributed by atoms with Gasteiger partial charge < -0.3 is 15.7 Å². The van der Waals surface area contributed by atoms with E-state index in [0.29, 0.717) is 12.5 Å². The van der Waals surface area contributed by atoms with E-state index in [9.17, 15) is 0 Å². The molecule has 1 rings (SSSR count). The Morgan fingerprint density at radius 2 is 2.19 bits per heavy atom. The van der Waals surface area contributed by atoms with Gasteiger partial charge in [0.1, 0.15) is 18.7 Å². The predicted octanol–water partition coefficient (Wildman–Crippen LogP) is 0.669. The molecule has 1 heterocycles. The number of nitrogens with zero attached hydrogens (tertiary/aromatic N) is 4. The predicted molar refractivity (Wildman–Crippen MR) is 83.9 cm³/mol. The quantitative estimate of drug-likeness (QED) is 0.460. The summed E-state index contributed by atoms with van der Waals surface area (Å²) in [6.45, 7) is 6.56. The number of aliphatic hydroxyl groups excluding tert-OH is 1. The molecule has 1 atom stereocenters. The molecule has 1 aromatic rings. The van der Waals surface area contributed by atoms with Crippen molar-refractivity contribution < 1.29 is 5.11 Å². The van der Waals surface area contributed by atoms with Crippen molar-refractivity contribution >= 4 is 5.96 Å². The van der Waals surface area contributed by atoms with E-state index in [2.05, 4.69) is 32.6 Å². The highest BCUT2D eigenvalue weighted by molar-refractivity contribution is 5.79. The van der Waals surface area contributed by atoms with E-state index in [1.165, 1.54) is 6.33 Å². The van der Waals surface area contributed by atoms with Crippen LogP contribution in [0.5, 0.6) is 0 Å². The van der Waals surface area contributed by atoms with Crippen LogP contribution in [0.2, 0.25) is 0 Å². The summed E-state index contributed by atoms with van der Waals surface area (Å²) in [5.74, 6) is 2.07. The maximum absolute atomic E-state index is 9.10. The van der Waals surface area contributed by atoms with Gasteiger partial charge in [-0.3, -0.25) is 4.68 Å². The van der Waals surface area contributed by atoms with E-state index in [4.69, 9.17) is 5.11 Å². The Balaban J connectivity index is 2.53. The summed E-state index contributed by atoms with van der Waals surface area (Å²) in [4.78, 5) is 8.68. The van der Waals surface area contributed by atoms with E-state index in [-0.39, 0.29) is 6.61 Å². The maximum Gasteiger partial charge on any atom is 0.191 e. The van der Waals surface area contributed by atoms with E-state index in [1.54, 1.807) is 4.68 Å². The minimum absolute atomic E-state index is 0.235. The van der Waals surface area contributed by atoms with E-state index in [0.717, 1.165) is 44.1 Å². The molecule has 120 valence electrons. The first-order chi connectivity index (χ1) is 10.2. The fourth-order valence-electron chi connectivity index (χ4n) is 2.14. The van der Waals surface area contributed by atoms with Gasteiger partial charge in [0.05, 0.1) is 0 Å². The molecule has 0 fully saturated rings. The maximum atomic E-state index is 9.10. The fraction of sp³-hybridized carbons (Fsp3) is 0.786. The summed E-state index contributed by atoms with van der Waals surface area (Å²) in [6.07, 6.45) is 4.59. The first-order valence-corrected chi connectivity index (χ1v) is 7.67. The van der Waals surface area contributed by atoms with Crippen molar-refractivity contribution in [2.75, 3.05) is 19.7 Å². The highest BCUT2D eigenvalue weighted by atomic mass is 16.3. The third kappa shape index (κ3) is 6.57. The molecule has 3 N–H and O–H groups in total. The first kappa shape index (κ1) is 17.4. The zero-order valence-corrected chi connectivity index (χ0v) is 13.3. The van der Waals surface area contributed by atoms with Crippen molar-refractivity contribution in [3.8, 4) is 0 Å². The Kier molecular flexibility index (Phi) is 8.42. The van der Waals surface area contributed by atoms with Crippen LogP contribution in [-0.2, 0) is 13.6 Å². The molecule has 0 aliphatic carbocycles. The average molecular weight is 296 g/mol. The van der Waals surface area contributed by atoms with Crippen LogP contribution in [0.15, 0.2) is 11.3 Å². The molecule has 1 unspecified atom stereocenters. The lowest BCUT2D eigenvalue weighted by Crippen LogP contribution is -2.40. The van der Waals surface area contributed by atoms with Gasteiger partial charge in [-0.25, -0.2) is 9.98 Å². The van der Waals surface area contributed by atoms with Gasteiger partial charge in [-0.05, 0) is 25.7 Å². The Hall–Kier alpha value is -1.63. The summed E-state index contributed by atoms with van der Waals surface area (Å²) in [7, 11) is 1.86. The van der Waals surface area contributed by atoms with Gasteiger partial charge in [0.15, 0.2) is 5.96 Å². The monoisotopic (exact) mass is 296 g/mol. The second-order valence-corrected chi connectivity index (χ2v) is 5.04. The Bertz CT molecular complexity index is 411. The van der Waals surface area contributed by atoms with Gasteiger partial charge in [-0.1, -0.05) is 13.3 Å². The van der Waals surface area contributed by atoms with Crippen LogP contribution < -0.4 is 10.6 Å². The summed E-state index contributed by atoms with van der Waals surface area (Å²) in [5, 5.41) is 19.7. The van der Waals surface area contributed by atoms with Gasteiger partial charge in [0, 0.05) is 26.7 Å². The fourth-order valence-corrected chi connectivity index (χ4v) is 2.14. The third-order valence-corrected chi connectivity index (χ3v) is 3.32. The number of aromatic nitrogens is 3. The average Bonchev–Trinajstić information content (AvgIpc) is 2.87. The standard InChI is InChI=1S/C14H28N6O/c1-4-6-12(7-8-21)9-16-14(15-5-2)17-10-13-18-11-19-20(13)3/h11-12,21H,4-10H2,1-3H3,(H2,15,16,17). The Morgan fingerprint density at radius 3 is 2.76 bits per heavy atom. The zero-order chi connectivity index (χ0) is 15.5. The molecule has 0 saturated heterocycles. The van der Waals surface area contributed by atoms with Gasteiger partial charge >= 0.3 is 0 Å². The van der Waals surface area contributed by atoms with Crippen molar-refractivity contribution in [3.63, 3.8) is 0 Å². The summed E-state index contributed by atoms with van der Waals surface area (Å²) in [5.41, 5.74) is 0. The summed E-state index contributed by atoms with van der Waals surface area (Å²) < 4.78 is 1.72. The lowest BCUT2D eigenvalue weighted by Gasteiger charge is -2.18. The van der Waals surface area contributed by atoms with Crippen LogP contribution in [-0.4, -0.2) is 45.5 Å². The lowest BCUT2D eigenvalue weighted by atomic mass is 10.0. The van der Waals surface area contributed by atoms with Gasteiger partial charge in [0.2, 0.25) is 0 Å². The van der Waals surface area contributed by atoms with Crippen molar-refractivity contribution in [1.82, 2.24) is 25.4 Å². The highest BCUT2D eigenvalue weighted by Crippen LogP contribution is 2.09. The molecule has 0 spiro atoms. The van der Waals surface area contributed by atoms with Gasteiger partial charge in [0.25, 0.3) is 0 Å².